The van der Waals surface area contributed by atoms with Crippen molar-refractivity contribution in [3.05, 3.63) is 42.0 Å². The molecule has 1 N–H and O–H groups in total. The summed E-state index contributed by atoms with van der Waals surface area (Å²) >= 11 is 0. The summed E-state index contributed by atoms with van der Waals surface area (Å²) in [6, 6.07) is 7.00. The summed E-state index contributed by atoms with van der Waals surface area (Å²) in [6.45, 7) is 7.24. The van der Waals surface area contributed by atoms with E-state index in [1.165, 1.54) is 24.0 Å². The summed E-state index contributed by atoms with van der Waals surface area (Å²) in [4.78, 5) is 0. The third-order valence-corrected chi connectivity index (χ3v) is 4.06. The smallest absolute Gasteiger partial charge is 0.122 e. The molecule has 2 nitrogen and oxygen atoms in total. The third-order valence-electron chi connectivity index (χ3n) is 4.06. The maximum Gasteiger partial charge on any atom is 0.122 e. The molecule has 20 heavy (non-hydrogen) atoms. The molecule has 0 bridgehead atoms. The molecule has 0 heterocycles. The van der Waals surface area contributed by atoms with Gasteiger partial charge in [-0.05, 0) is 49.4 Å². The van der Waals surface area contributed by atoms with E-state index in [1.54, 1.807) is 7.11 Å². The fourth-order valence-electron chi connectivity index (χ4n) is 3.15. The molecule has 0 amide bonds. The molecule has 0 aromatic heterocycles. The van der Waals surface area contributed by atoms with Crippen molar-refractivity contribution in [3.63, 3.8) is 0 Å². The zero-order valence-corrected chi connectivity index (χ0v) is 13.3. The van der Waals surface area contributed by atoms with Crippen molar-refractivity contribution in [2.75, 3.05) is 13.7 Å². The molecule has 0 unspecified atom stereocenters. The molecule has 3 heteroatoms. The Labute approximate surface area is 129 Å². The number of nitrogens with one attached hydrogen (secondary N) is 1. The lowest BCUT2D eigenvalue weighted by Gasteiger charge is -2.34. The van der Waals surface area contributed by atoms with Crippen LogP contribution in [0, 0.1) is 0 Å². The lowest BCUT2D eigenvalue weighted by atomic mass is 9.77. The summed E-state index contributed by atoms with van der Waals surface area (Å²) in [7, 11) is 1.76. The maximum absolute atomic E-state index is 5.51. The van der Waals surface area contributed by atoms with Crippen molar-refractivity contribution >= 4 is 12.4 Å². The van der Waals surface area contributed by atoms with Crippen molar-refractivity contribution in [2.24, 2.45) is 0 Å². The van der Waals surface area contributed by atoms with Crippen LogP contribution in [-0.4, -0.2) is 19.7 Å². The lowest BCUT2D eigenvalue weighted by Crippen LogP contribution is -2.38. The van der Waals surface area contributed by atoms with Gasteiger partial charge in [0.1, 0.15) is 5.75 Å². The van der Waals surface area contributed by atoms with Crippen molar-refractivity contribution < 1.29 is 4.74 Å². The van der Waals surface area contributed by atoms with Crippen LogP contribution >= 0.6 is 12.4 Å². The quantitative estimate of drug-likeness (QED) is 0.798. The second kappa shape index (κ2) is 8.33. The number of allylic oxidation sites excluding steroid dienone is 1. The number of ether oxygens (including phenoxy) is 1. The third kappa shape index (κ3) is 3.56. The van der Waals surface area contributed by atoms with Gasteiger partial charge in [0.15, 0.2) is 0 Å². The van der Waals surface area contributed by atoms with Crippen LogP contribution in [0.1, 0.15) is 43.2 Å². The number of rotatable bonds is 6. The summed E-state index contributed by atoms with van der Waals surface area (Å²) in [6.07, 6.45) is 6.55. The molecule has 0 saturated carbocycles. The zero-order valence-electron chi connectivity index (χ0n) is 12.5. The molecule has 0 aliphatic heterocycles. The SMILES string of the molecule is C=CC[C@H]1c2cccc(OC)c2CC[C@H]1NCCC.Cl. The van der Waals surface area contributed by atoms with E-state index >= 15 is 0 Å². The van der Waals surface area contributed by atoms with Crippen LogP contribution in [0.2, 0.25) is 0 Å². The van der Waals surface area contributed by atoms with E-state index in [0.29, 0.717) is 12.0 Å². The van der Waals surface area contributed by atoms with Crippen molar-refractivity contribution in [3.8, 4) is 5.75 Å². The number of fused-ring (bicyclic) bond motifs is 1. The number of benzene rings is 1. The molecule has 1 aromatic carbocycles. The summed E-state index contributed by atoms with van der Waals surface area (Å²) < 4.78 is 5.51. The van der Waals surface area contributed by atoms with Gasteiger partial charge in [0.25, 0.3) is 0 Å². The highest BCUT2D eigenvalue weighted by molar-refractivity contribution is 5.85. The number of hydrogen-bond acceptors (Lipinski definition) is 2. The first-order valence-corrected chi connectivity index (χ1v) is 7.31. The van der Waals surface area contributed by atoms with Gasteiger partial charge in [-0.25, -0.2) is 0 Å². The molecule has 0 fully saturated rings. The molecule has 1 aliphatic carbocycles. The van der Waals surface area contributed by atoms with Gasteiger partial charge < -0.3 is 10.1 Å². The van der Waals surface area contributed by atoms with E-state index in [0.717, 1.165) is 25.1 Å². The largest absolute Gasteiger partial charge is 0.496 e. The van der Waals surface area contributed by atoms with E-state index in [1.807, 2.05) is 6.08 Å². The minimum atomic E-state index is 0. The molecule has 2 atom stereocenters. The van der Waals surface area contributed by atoms with Crippen LogP contribution in [0.25, 0.3) is 0 Å². The summed E-state index contributed by atoms with van der Waals surface area (Å²) in [5.41, 5.74) is 2.84. The molecule has 1 aromatic rings. The Kier molecular flexibility index (Phi) is 7.11. The number of halogens is 1. The van der Waals surface area contributed by atoms with E-state index in [9.17, 15) is 0 Å². The molecule has 0 spiro atoms. The van der Waals surface area contributed by atoms with Crippen LogP contribution in [-0.2, 0) is 6.42 Å². The van der Waals surface area contributed by atoms with Crippen LogP contribution < -0.4 is 10.1 Å². The fourth-order valence-corrected chi connectivity index (χ4v) is 3.15. The molecule has 112 valence electrons. The normalized spacial score (nSPS) is 20.7. The molecule has 0 saturated heterocycles. The zero-order chi connectivity index (χ0) is 13.7. The van der Waals surface area contributed by atoms with Gasteiger partial charge in [-0.15, -0.1) is 19.0 Å². The predicted octanol–water partition coefficient (Wildman–Crippen LogP) is 4.09. The number of hydrogen-bond donors (Lipinski definition) is 1. The molecule has 2 rings (SSSR count). The molecule has 1 aliphatic rings. The van der Waals surface area contributed by atoms with Gasteiger partial charge in [-0.2, -0.15) is 0 Å². The summed E-state index contributed by atoms with van der Waals surface area (Å²) in [5, 5.41) is 3.70. The maximum atomic E-state index is 5.51. The Morgan fingerprint density at radius 2 is 2.25 bits per heavy atom. The summed E-state index contributed by atoms with van der Waals surface area (Å²) in [5.74, 6) is 1.57. The fraction of sp³-hybridized carbons (Fsp3) is 0.529. The highest BCUT2D eigenvalue weighted by Crippen LogP contribution is 2.38. The average Bonchev–Trinajstić information content (AvgIpc) is 2.46. The highest BCUT2D eigenvalue weighted by atomic mass is 35.5. The first kappa shape index (κ1) is 17.1. The van der Waals surface area contributed by atoms with Crippen LogP contribution in [0.4, 0.5) is 0 Å². The van der Waals surface area contributed by atoms with Gasteiger partial charge in [-0.3, -0.25) is 0 Å². The topological polar surface area (TPSA) is 21.3 Å². The standard InChI is InChI=1S/C17H25NO.ClH/c1-4-7-14-13-8-6-9-17(19-3)15(13)10-11-16(14)18-12-5-2;/h4,6,8-9,14,16,18H,1,5,7,10-12H2,2-3H3;1H/t14-,16+;/m0./s1. The van der Waals surface area contributed by atoms with E-state index in [2.05, 4.69) is 37.0 Å². The monoisotopic (exact) mass is 295 g/mol. The molecular formula is C17H26ClNO. The van der Waals surface area contributed by atoms with E-state index in [-0.39, 0.29) is 12.4 Å². The Morgan fingerprint density at radius 3 is 2.90 bits per heavy atom. The first-order valence-electron chi connectivity index (χ1n) is 7.31. The van der Waals surface area contributed by atoms with Gasteiger partial charge in [0.2, 0.25) is 0 Å². The first-order chi connectivity index (χ1) is 9.31. The van der Waals surface area contributed by atoms with E-state index in [4.69, 9.17) is 4.74 Å². The lowest BCUT2D eigenvalue weighted by molar-refractivity contribution is 0.369. The van der Waals surface area contributed by atoms with Crippen LogP contribution in [0.5, 0.6) is 5.75 Å². The second-order valence-electron chi connectivity index (χ2n) is 5.26. The minimum Gasteiger partial charge on any atom is -0.496 e. The Bertz CT molecular complexity index is 433. The Hall–Kier alpha value is -0.990. The van der Waals surface area contributed by atoms with Crippen molar-refractivity contribution in [2.45, 2.75) is 44.6 Å². The Morgan fingerprint density at radius 1 is 1.45 bits per heavy atom. The predicted molar refractivity (Wildman–Crippen MR) is 88.2 cm³/mol. The van der Waals surface area contributed by atoms with Gasteiger partial charge >= 0.3 is 0 Å². The van der Waals surface area contributed by atoms with Crippen molar-refractivity contribution in [1.29, 1.82) is 0 Å². The van der Waals surface area contributed by atoms with E-state index < -0.39 is 0 Å². The van der Waals surface area contributed by atoms with Crippen LogP contribution in [0.3, 0.4) is 0 Å². The molecular weight excluding hydrogens is 270 g/mol. The van der Waals surface area contributed by atoms with Crippen LogP contribution in [0.15, 0.2) is 30.9 Å². The average molecular weight is 296 g/mol. The second-order valence-corrected chi connectivity index (χ2v) is 5.26. The minimum absolute atomic E-state index is 0. The Balaban J connectivity index is 0.00000200. The molecule has 0 radical (unpaired) electrons. The van der Waals surface area contributed by atoms with Gasteiger partial charge in [0, 0.05) is 12.0 Å². The number of methoxy groups -OCH3 is 1. The van der Waals surface area contributed by atoms with Crippen molar-refractivity contribution in [1.82, 2.24) is 5.32 Å². The van der Waals surface area contributed by atoms with Gasteiger partial charge in [-0.1, -0.05) is 25.1 Å². The highest BCUT2D eigenvalue weighted by Gasteiger charge is 2.29. The van der Waals surface area contributed by atoms with Gasteiger partial charge in [0.05, 0.1) is 7.11 Å².